The lowest BCUT2D eigenvalue weighted by Gasteiger charge is -2.32. The molecule has 2 rings (SSSR count). The summed E-state index contributed by atoms with van der Waals surface area (Å²) in [5.74, 6) is 0.900. The fraction of sp³-hybridized carbons (Fsp3) is 0.571. The van der Waals surface area contributed by atoms with E-state index in [9.17, 15) is 13.2 Å². The van der Waals surface area contributed by atoms with Gasteiger partial charge in [-0.05, 0) is 37.6 Å². The molecule has 1 heterocycles. The predicted octanol–water partition coefficient (Wildman–Crippen LogP) is 4.10. The van der Waals surface area contributed by atoms with Crippen molar-refractivity contribution < 1.29 is 17.9 Å². The summed E-state index contributed by atoms with van der Waals surface area (Å²) in [5, 5.41) is 0. The van der Waals surface area contributed by atoms with E-state index in [1.165, 1.54) is 4.90 Å². The van der Waals surface area contributed by atoms with E-state index in [4.69, 9.17) is 4.74 Å². The molecule has 0 spiro atoms. The van der Waals surface area contributed by atoms with Gasteiger partial charge in [0.25, 0.3) is 0 Å². The lowest BCUT2D eigenvalue weighted by molar-refractivity contribution is -0.149. The number of rotatable bonds is 4. The molecule has 0 N–H and O–H groups in total. The topological polar surface area (TPSA) is 12.5 Å². The minimum absolute atomic E-state index is 0.157. The fourth-order valence-electron chi connectivity index (χ4n) is 2.46. The van der Waals surface area contributed by atoms with Gasteiger partial charge in [0.2, 0.25) is 0 Å². The Morgan fingerprint density at radius 1 is 1.35 bits per heavy atom. The van der Waals surface area contributed by atoms with Gasteiger partial charge in [-0.25, -0.2) is 0 Å². The van der Waals surface area contributed by atoms with Crippen LogP contribution < -0.4 is 4.74 Å². The smallest absolute Gasteiger partial charge is 0.401 e. The van der Waals surface area contributed by atoms with Crippen molar-refractivity contribution in [3.8, 4) is 5.75 Å². The number of likely N-dealkylation sites (tertiary alicyclic amines) is 1. The maximum Gasteiger partial charge on any atom is 0.401 e. The first kappa shape index (κ1) is 15.6. The second kappa shape index (κ2) is 6.80. The normalized spacial score (nSPS) is 20.9. The van der Waals surface area contributed by atoms with Gasteiger partial charge in [-0.15, -0.1) is 0 Å². The van der Waals surface area contributed by atoms with E-state index in [0.717, 1.165) is 23.1 Å². The Kier molecular flexibility index (Phi) is 5.32. The summed E-state index contributed by atoms with van der Waals surface area (Å²) in [6.07, 6.45) is -2.40. The Hall–Kier alpha value is -0.750. The lowest BCUT2D eigenvalue weighted by Crippen LogP contribution is -2.42. The average Bonchev–Trinajstić information content (AvgIpc) is 2.35. The number of piperidine rings is 1. The quantitative estimate of drug-likeness (QED) is 0.809. The molecule has 0 saturated carbocycles. The molecule has 0 amide bonds. The summed E-state index contributed by atoms with van der Waals surface area (Å²) in [7, 11) is 0. The van der Waals surface area contributed by atoms with Crippen molar-refractivity contribution >= 4 is 15.9 Å². The van der Waals surface area contributed by atoms with Crippen LogP contribution in [0.25, 0.3) is 0 Å². The molecule has 1 saturated heterocycles. The van der Waals surface area contributed by atoms with Crippen molar-refractivity contribution in [2.75, 3.05) is 26.2 Å². The van der Waals surface area contributed by atoms with E-state index in [0.29, 0.717) is 19.7 Å². The minimum atomic E-state index is -4.12. The van der Waals surface area contributed by atoms with Crippen molar-refractivity contribution in [3.63, 3.8) is 0 Å². The second-order valence-electron chi connectivity index (χ2n) is 5.13. The van der Waals surface area contributed by atoms with E-state index in [2.05, 4.69) is 15.9 Å². The summed E-state index contributed by atoms with van der Waals surface area (Å²) in [6.45, 7) is 0.617. The highest BCUT2D eigenvalue weighted by molar-refractivity contribution is 9.10. The third kappa shape index (κ3) is 5.32. The Morgan fingerprint density at radius 2 is 2.15 bits per heavy atom. The summed E-state index contributed by atoms with van der Waals surface area (Å²) in [4.78, 5) is 1.47. The van der Waals surface area contributed by atoms with Gasteiger partial charge in [-0.2, -0.15) is 13.2 Å². The van der Waals surface area contributed by atoms with Crippen LogP contribution in [0.5, 0.6) is 5.75 Å². The van der Waals surface area contributed by atoms with Crippen LogP contribution in [0.4, 0.5) is 13.2 Å². The third-order valence-corrected chi connectivity index (χ3v) is 3.78. The van der Waals surface area contributed by atoms with Crippen LogP contribution in [-0.2, 0) is 0 Å². The lowest BCUT2D eigenvalue weighted by atomic mass is 9.99. The molecular weight excluding hydrogens is 335 g/mol. The summed E-state index contributed by atoms with van der Waals surface area (Å²) < 4.78 is 43.7. The zero-order valence-electron chi connectivity index (χ0n) is 11.0. The molecule has 0 aliphatic carbocycles. The molecule has 1 aromatic rings. The number of ether oxygens (including phenoxy) is 1. The van der Waals surface area contributed by atoms with Gasteiger partial charge >= 0.3 is 6.18 Å². The van der Waals surface area contributed by atoms with E-state index in [-0.39, 0.29) is 5.92 Å². The summed E-state index contributed by atoms with van der Waals surface area (Å²) in [5.41, 5.74) is 0. The van der Waals surface area contributed by atoms with Crippen LogP contribution in [-0.4, -0.2) is 37.3 Å². The van der Waals surface area contributed by atoms with Gasteiger partial charge in [-0.3, -0.25) is 4.90 Å². The van der Waals surface area contributed by atoms with Gasteiger partial charge in [0.15, 0.2) is 0 Å². The molecule has 1 aliphatic heterocycles. The first-order chi connectivity index (χ1) is 9.42. The van der Waals surface area contributed by atoms with Crippen LogP contribution in [0.1, 0.15) is 12.8 Å². The summed E-state index contributed by atoms with van der Waals surface area (Å²) in [6, 6.07) is 7.48. The van der Waals surface area contributed by atoms with Gasteiger partial charge in [0, 0.05) is 16.9 Å². The average molecular weight is 352 g/mol. The first-order valence-corrected chi connectivity index (χ1v) is 7.39. The Labute approximate surface area is 125 Å². The van der Waals surface area contributed by atoms with E-state index >= 15 is 0 Å². The van der Waals surface area contributed by atoms with Gasteiger partial charge in [0.1, 0.15) is 5.75 Å². The first-order valence-electron chi connectivity index (χ1n) is 6.60. The number of benzene rings is 1. The number of hydrogen-bond acceptors (Lipinski definition) is 2. The van der Waals surface area contributed by atoms with Crippen LogP contribution in [0, 0.1) is 5.92 Å². The van der Waals surface area contributed by atoms with E-state index < -0.39 is 12.7 Å². The molecule has 1 unspecified atom stereocenters. The van der Waals surface area contributed by atoms with Crippen LogP contribution in [0.2, 0.25) is 0 Å². The second-order valence-corrected chi connectivity index (χ2v) is 6.04. The molecule has 0 radical (unpaired) electrons. The van der Waals surface area contributed by atoms with Crippen molar-refractivity contribution in [2.45, 2.75) is 19.0 Å². The fourth-order valence-corrected chi connectivity index (χ4v) is 2.83. The monoisotopic (exact) mass is 351 g/mol. The zero-order valence-corrected chi connectivity index (χ0v) is 12.6. The van der Waals surface area contributed by atoms with Crippen molar-refractivity contribution in [2.24, 2.45) is 5.92 Å². The van der Waals surface area contributed by atoms with Crippen molar-refractivity contribution in [1.29, 1.82) is 0 Å². The number of nitrogens with zero attached hydrogens (tertiary/aromatic N) is 1. The van der Waals surface area contributed by atoms with Crippen LogP contribution >= 0.6 is 15.9 Å². The molecule has 1 atom stereocenters. The molecule has 0 bridgehead atoms. The predicted molar refractivity (Wildman–Crippen MR) is 74.9 cm³/mol. The van der Waals surface area contributed by atoms with Crippen LogP contribution in [0.3, 0.4) is 0 Å². The minimum Gasteiger partial charge on any atom is -0.493 e. The third-order valence-electron chi connectivity index (χ3n) is 3.29. The zero-order chi connectivity index (χ0) is 14.6. The molecule has 1 fully saturated rings. The molecule has 112 valence electrons. The molecule has 6 heteroatoms. The largest absolute Gasteiger partial charge is 0.493 e. The maximum atomic E-state index is 12.4. The SMILES string of the molecule is FC(F)(F)CN1CCCC(COc2cccc(Br)c2)C1. The van der Waals surface area contributed by atoms with E-state index in [1.54, 1.807) is 0 Å². The molecule has 0 aromatic heterocycles. The number of alkyl halides is 3. The van der Waals surface area contributed by atoms with Crippen LogP contribution in [0.15, 0.2) is 28.7 Å². The molecule has 20 heavy (non-hydrogen) atoms. The standard InChI is InChI=1S/C14H17BrF3NO/c15-12-4-1-5-13(7-12)20-9-11-3-2-6-19(8-11)10-14(16,17)18/h1,4-5,7,11H,2-3,6,8-10H2. The highest BCUT2D eigenvalue weighted by Crippen LogP contribution is 2.24. The Balaban J connectivity index is 1.81. The molecule has 1 aliphatic rings. The van der Waals surface area contributed by atoms with Gasteiger partial charge in [-0.1, -0.05) is 22.0 Å². The van der Waals surface area contributed by atoms with E-state index in [1.807, 2.05) is 24.3 Å². The Bertz CT molecular complexity index is 439. The maximum absolute atomic E-state index is 12.4. The van der Waals surface area contributed by atoms with Gasteiger partial charge in [0.05, 0.1) is 13.2 Å². The number of halogens is 4. The summed E-state index contributed by atoms with van der Waals surface area (Å²) >= 11 is 3.36. The van der Waals surface area contributed by atoms with Gasteiger partial charge < -0.3 is 4.74 Å². The van der Waals surface area contributed by atoms with Crippen molar-refractivity contribution in [1.82, 2.24) is 4.90 Å². The molecule has 2 nitrogen and oxygen atoms in total. The molecular formula is C14H17BrF3NO. The highest BCUT2D eigenvalue weighted by atomic mass is 79.9. The Morgan fingerprint density at radius 3 is 2.85 bits per heavy atom. The highest BCUT2D eigenvalue weighted by Gasteiger charge is 2.33. The van der Waals surface area contributed by atoms with Crippen molar-refractivity contribution in [3.05, 3.63) is 28.7 Å². The number of hydrogen-bond donors (Lipinski definition) is 0. The molecule has 1 aromatic carbocycles.